The first kappa shape index (κ1) is 21.6. The molecular formula is C22H31NO3. The number of phenols is 1. The Labute approximate surface area is 157 Å². The van der Waals surface area contributed by atoms with E-state index in [4.69, 9.17) is 4.74 Å². The van der Waals surface area contributed by atoms with Crippen LogP contribution in [-0.2, 0) is 4.79 Å². The van der Waals surface area contributed by atoms with Crippen molar-refractivity contribution in [2.45, 2.75) is 48.5 Å². The predicted molar refractivity (Wildman–Crippen MR) is 108 cm³/mol. The number of phenolic OH excluding ortho intramolecular Hbond substituents is 1. The van der Waals surface area contributed by atoms with Crippen molar-refractivity contribution in [1.82, 2.24) is 0 Å². The van der Waals surface area contributed by atoms with Crippen LogP contribution in [0.3, 0.4) is 0 Å². The average molecular weight is 357 g/mol. The molecular weight excluding hydrogens is 326 g/mol. The molecule has 0 amide bonds. The molecule has 142 valence electrons. The van der Waals surface area contributed by atoms with Crippen molar-refractivity contribution in [2.24, 2.45) is 11.8 Å². The van der Waals surface area contributed by atoms with Gasteiger partial charge < -0.3 is 15.2 Å². The number of rotatable bonds is 4. The Morgan fingerprint density at radius 3 is 1.88 bits per heavy atom. The van der Waals surface area contributed by atoms with Crippen LogP contribution in [0.25, 0.3) is 0 Å². The second-order valence-corrected chi connectivity index (χ2v) is 7.41. The van der Waals surface area contributed by atoms with Gasteiger partial charge in [0.25, 0.3) is 0 Å². The molecule has 2 N–H and O–H groups in total. The molecule has 26 heavy (non-hydrogen) atoms. The molecule has 0 aromatic heterocycles. The highest BCUT2D eigenvalue weighted by Crippen LogP contribution is 2.27. The van der Waals surface area contributed by atoms with Crippen molar-refractivity contribution >= 4 is 17.3 Å². The largest absolute Gasteiger partial charge is 0.508 e. The molecule has 2 aromatic carbocycles. The van der Waals surface area contributed by atoms with Crippen LogP contribution < -0.4 is 10.1 Å². The standard InChI is InChI=1S/C18H21NO3.C4H10/c1-11(2)18(21)22-17-8-6-15(10-13(17)4)19-14-5-7-16(20)12(3)9-14;1-4(2)3/h5-11,19-20H,1-4H3;4H,1-3H3. The number of aromatic hydroxyl groups is 1. The highest BCUT2D eigenvalue weighted by Gasteiger charge is 2.11. The van der Waals surface area contributed by atoms with Gasteiger partial charge in [-0.1, -0.05) is 34.6 Å². The topological polar surface area (TPSA) is 58.6 Å². The highest BCUT2D eigenvalue weighted by atomic mass is 16.5. The number of benzene rings is 2. The van der Waals surface area contributed by atoms with Crippen molar-refractivity contribution in [3.8, 4) is 11.5 Å². The lowest BCUT2D eigenvalue weighted by Gasteiger charge is -2.12. The van der Waals surface area contributed by atoms with E-state index in [1.807, 2.05) is 38.1 Å². The van der Waals surface area contributed by atoms with Gasteiger partial charge in [-0.3, -0.25) is 4.79 Å². The van der Waals surface area contributed by atoms with Gasteiger partial charge in [0.15, 0.2) is 0 Å². The normalized spacial score (nSPS) is 10.3. The summed E-state index contributed by atoms with van der Waals surface area (Å²) in [6, 6.07) is 10.9. The van der Waals surface area contributed by atoms with Crippen molar-refractivity contribution in [3.05, 3.63) is 47.5 Å². The number of carbonyl (C=O) groups excluding carboxylic acids is 1. The molecule has 0 saturated carbocycles. The second kappa shape index (κ2) is 9.85. The van der Waals surface area contributed by atoms with Gasteiger partial charge in [-0.25, -0.2) is 0 Å². The minimum absolute atomic E-state index is 0.155. The first-order valence-corrected chi connectivity index (χ1v) is 8.99. The van der Waals surface area contributed by atoms with Crippen molar-refractivity contribution in [3.63, 3.8) is 0 Å². The Kier molecular flexibility index (Phi) is 8.17. The van der Waals surface area contributed by atoms with Crippen molar-refractivity contribution in [1.29, 1.82) is 0 Å². The Balaban J connectivity index is 0.000000765. The predicted octanol–water partition coefficient (Wildman–Crippen LogP) is 5.98. The van der Waals surface area contributed by atoms with Gasteiger partial charge >= 0.3 is 5.97 Å². The molecule has 2 rings (SSSR count). The molecule has 4 heteroatoms. The molecule has 0 aliphatic heterocycles. The van der Waals surface area contributed by atoms with E-state index in [2.05, 4.69) is 26.1 Å². The molecule has 0 aliphatic carbocycles. The summed E-state index contributed by atoms with van der Waals surface area (Å²) in [5, 5.41) is 12.8. The monoisotopic (exact) mass is 357 g/mol. The van der Waals surface area contributed by atoms with E-state index < -0.39 is 0 Å². The smallest absolute Gasteiger partial charge is 0.313 e. The van der Waals surface area contributed by atoms with Gasteiger partial charge in [0.2, 0.25) is 0 Å². The first-order valence-electron chi connectivity index (χ1n) is 8.99. The molecule has 4 nitrogen and oxygen atoms in total. The van der Waals surface area contributed by atoms with Gasteiger partial charge in [0.1, 0.15) is 11.5 Å². The summed E-state index contributed by atoms with van der Waals surface area (Å²) in [4.78, 5) is 11.6. The van der Waals surface area contributed by atoms with Crippen LogP contribution in [0.1, 0.15) is 45.7 Å². The Morgan fingerprint density at radius 1 is 0.923 bits per heavy atom. The first-order chi connectivity index (χ1) is 12.1. The molecule has 2 aromatic rings. The maximum absolute atomic E-state index is 11.6. The lowest BCUT2D eigenvalue weighted by atomic mass is 10.1. The minimum atomic E-state index is -0.238. The number of hydrogen-bond donors (Lipinski definition) is 2. The third kappa shape index (κ3) is 7.18. The SMILES string of the molecule is CC(C)C.Cc1cc(Nc2ccc(OC(=O)C(C)C)c(C)c2)ccc1O. The summed E-state index contributed by atoms with van der Waals surface area (Å²) in [6.45, 7) is 13.9. The number of carbonyl (C=O) groups is 1. The van der Waals surface area contributed by atoms with E-state index in [9.17, 15) is 9.90 Å². The van der Waals surface area contributed by atoms with Gasteiger partial charge in [0, 0.05) is 11.4 Å². The Bertz CT molecular complexity index is 733. The molecule has 0 radical (unpaired) electrons. The fourth-order valence-electron chi connectivity index (χ4n) is 1.97. The maximum atomic E-state index is 11.6. The lowest BCUT2D eigenvalue weighted by Crippen LogP contribution is -2.15. The van der Waals surface area contributed by atoms with E-state index in [0.29, 0.717) is 5.75 Å². The zero-order chi connectivity index (χ0) is 19.9. The Hall–Kier alpha value is -2.49. The molecule has 0 aliphatic rings. The molecule has 0 unspecified atom stereocenters. The fourth-order valence-corrected chi connectivity index (χ4v) is 1.97. The maximum Gasteiger partial charge on any atom is 0.313 e. The highest BCUT2D eigenvalue weighted by molar-refractivity contribution is 5.75. The Morgan fingerprint density at radius 2 is 1.42 bits per heavy atom. The van der Waals surface area contributed by atoms with Crippen LogP contribution >= 0.6 is 0 Å². The van der Waals surface area contributed by atoms with Gasteiger partial charge in [-0.15, -0.1) is 0 Å². The average Bonchev–Trinajstić information content (AvgIpc) is 2.53. The van der Waals surface area contributed by atoms with E-state index >= 15 is 0 Å². The quantitative estimate of drug-likeness (QED) is 0.402. The number of ether oxygens (including phenoxy) is 1. The van der Waals surface area contributed by atoms with Crippen LogP contribution in [0.4, 0.5) is 11.4 Å². The van der Waals surface area contributed by atoms with Crippen LogP contribution in [0.5, 0.6) is 11.5 Å². The summed E-state index contributed by atoms with van der Waals surface area (Å²) in [7, 11) is 0. The number of esters is 1. The van der Waals surface area contributed by atoms with E-state index in [1.165, 1.54) is 0 Å². The summed E-state index contributed by atoms with van der Waals surface area (Å²) < 4.78 is 5.35. The third-order valence-corrected chi connectivity index (χ3v) is 3.34. The zero-order valence-corrected chi connectivity index (χ0v) is 16.9. The summed E-state index contributed by atoms with van der Waals surface area (Å²) >= 11 is 0. The van der Waals surface area contributed by atoms with E-state index in [-0.39, 0.29) is 17.6 Å². The fraction of sp³-hybridized carbons (Fsp3) is 0.409. The molecule has 0 fully saturated rings. The number of aryl methyl sites for hydroxylation is 2. The number of nitrogens with one attached hydrogen (secondary N) is 1. The van der Waals surface area contributed by atoms with Crippen molar-refractivity contribution < 1.29 is 14.6 Å². The third-order valence-electron chi connectivity index (χ3n) is 3.34. The van der Waals surface area contributed by atoms with E-state index in [1.54, 1.807) is 26.0 Å². The minimum Gasteiger partial charge on any atom is -0.508 e. The number of hydrogen-bond acceptors (Lipinski definition) is 4. The van der Waals surface area contributed by atoms with Gasteiger partial charge in [0.05, 0.1) is 5.92 Å². The molecule has 0 bridgehead atoms. The zero-order valence-electron chi connectivity index (χ0n) is 16.9. The van der Waals surface area contributed by atoms with Crippen LogP contribution in [0, 0.1) is 25.7 Å². The second-order valence-electron chi connectivity index (χ2n) is 7.41. The lowest BCUT2D eigenvalue weighted by molar-refractivity contribution is -0.137. The summed E-state index contributed by atoms with van der Waals surface area (Å²) in [5.74, 6) is 1.29. The molecule has 0 heterocycles. The summed E-state index contributed by atoms with van der Waals surface area (Å²) in [6.07, 6.45) is 0. The molecule has 0 saturated heterocycles. The number of anilines is 2. The van der Waals surface area contributed by atoms with Crippen LogP contribution in [0.2, 0.25) is 0 Å². The van der Waals surface area contributed by atoms with Crippen molar-refractivity contribution in [2.75, 3.05) is 5.32 Å². The van der Waals surface area contributed by atoms with Crippen LogP contribution in [0.15, 0.2) is 36.4 Å². The molecule has 0 spiro atoms. The van der Waals surface area contributed by atoms with Crippen LogP contribution in [-0.4, -0.2) is 11.1 Å². The van der Waals surface area contributed by atoms with E-state index in [0.717, 1.165) is 28.4 Å². The van der Waals surface area contributed by atoms with Gasteiger partial charge in [-0.2, -0.15) is 0 Å². The van der Waals surface area contributed by atoms with Gasteiger partial charge in [-0.05, 0) is 67.3 Å². The summed E-state index contributed by atoms with van der Waals surface area (Å²) in [5.41, 5.74) is 3.48. The molecule has 0 atom stereocenters.